The van der Waals surface area contributed by atoms with Gasteiger partial charge in [0.1, 0.15) is 5.75 Å². The zero-order chi connectivity index (χ0) is 13.8. The van der Waals surface area contributed by atoms with Gasteiger partial charge in [-0.05, 0) is 18.9 Å². The molecule has 1 aromatic carbocycles. The second-order valence-electron chi connectivity index (χ2n) is 4.33. The van der Waals surface area contributed by atoms with Crippen LogP contribution < -0.4 is 10.1 Å². The van der Waals surface area contributed by atoms with Crippen LogP contribution in [-0.2, 0) is 16.0 Å². The van der Waals surface area contributed by atoms with Crippen LogP contribution in [0.25, 0.3) is 0 Å². The first-order valence-corrected chi connectivity index (χ1v) is 6.77. The number of hydrogen-bond acceptors (Lipinski definition) is 4. The van der Waals surface area contributed by atoms with E-state index in [4.69, 9.17) is 14.2 Å². The summed E-state index contributed by atoms with van der Waals surface area (Å²) < 4.78 is 15.8. The lowest BCUT2D eigenvalue weighted by Gasteiger charge is -2.12. The van der Waals surface area contributed by atoms with Crippen molar-refractivity contribution in [2.45, 2.75) is 19.4 Å². The Balaban J connectivity index is 2.31. The number of nitrogens with one attached hydrogen (secondary N) is 1. The molecule has 0 saturated heterocycles. The molecule has 0 atom stereocenters. The molecule has 0 heterocycles. The molecule has 19 heavy (non-hydrogen) atoms. The van der Waals surface area contributed by atoms with Gasteiger partial charge in [-0.15, -0.1) is 0 Å². The molecule has 0 aliphatic rings. The van der Waals surface area contributed by atoms with Gasteiger partial charge in [-0.25, -0.2) is 0 Å². The van der Waals surface area contributed by atoms with Crippen LogP contribution in [0.15, 0.2) is 24.3 Å². The fourth-order valence-corrected chi connectivity index (χ4v) is 1.72. The van der Waals surface area contributed by atoms with Crippen LogP contribution in [0.3, 0.4) is 0 Å². The number of ether oxygens (including phenoxy) is 3. The molecular weight excluding hydrogens is 242 g/mol. The summed E-state index contributed by atoms with van der Waals surface area (Å²) in [6.45, 7) is 3.90. The fourth-order valence-electron chi connectivity index (χ4n) is 1.72. The Morgan fingerprint density at radius 3 is 2.47 bits per heavy atom. The van der Waals surface area contributed by atoms with Crippen molar-refractivity contribution in [3.63, 3.8) is 0 Å². The highest BCUT2D eigenvalue weighted by molar-refractivity contribution is 5.33. The third-order valence-corrected chi connectivity index (χ3v) is 2.77. The molecule has 0 bridgehead atoms. The van der Waals surface area contributed by atoms with Gasteiger partial charge in [0.2, 0.25) is 0 Å². The van der Waals surface area contributed by atoms with Gasteiger partial charge in [0.15, 0.2) is 0 Å². The smallest absolute Gasteiger partial charge is 0.123 e. The standard InChI is InChI=1S/C15H25NO3/c1-17-10-5-6-11-19-15-8-4-3-7-14(15)13-16-9-12-18-2/h3-4,7-8,16H,5-6,9-13H2,1-2H3. The number of rotatable bonds is 11. The van der Waals surface area contributed by atoms with Crippen LogP contribution >= 0.6 is 0 Å². The fraction of sp³-hybridized carbons (Fsp3) is 0.600. The maximum absolute atomic E-state index is 5.81. The Hall–Kier alpha value is -1.10. The van der Waals surface area contributed by atoms with Crippen molar-refractivity contribution in [1.82, 2.24) is 5.32 Å². The largest absolute Gasteiger partial charge is 0.493 e. The average Bonchev–Trinajstić information content (AvgIpc) is 2.45. The zero-order valence-electron chi connectivity index (χ0n) is 12.0. The minimum atomic E-state index is 0.722. The van der Waals surface area contributed by atoms with Crippen LogP contribution in [0.5, 0.6) is 5.75 Å². The normalized spacial score (nSPS) is 10.6. The Bertz CT molecular complexity index is 331. The lowest BCUT2D eigenvalue weighted by molar-refractivity contribution is 0.184. The van der Waals surface area contributed by atoms with Crippen molar-refractivity contribution in [1.29, 1.82) is 0 Å². The SMILES string of the molecule is COCCCCOc1ccccc1CNCCOC. The summed E-state index contributed by atoms with van der Waals surface area (Å²) in [6, 6.07) is 8.14. The number of hydrogen-bond donors (Lipinski definition) is 1. The monoisotopic (exact) mass is 267 g/mol. The minimum Gasteiger partial charge on any atom is -0.493 e. The molecule has 108 valence electrons. The van der Waals surface area contributed by atoms with Crippen LogP contribution in [0, 0.1) is 0 Å². The molecule has 1 N–H and O–H groups in total. The topological polar surface area (TPSA) is 39.7 Å². The predicted octanol–water partition coefficient (Wildman–Crippen LogP) is 2.23. The van der Waals surface area contributed by atoms with Gasteiger partial charge >= 0.3 is 0 Å². The van der Waals surface area contributed by atoms with Gasteiger partial charge < -0.3 is 19.5 Å². The quantitative estimate of drug-likeness (QED) is 0.624. The van der Waals surface area contributed by atoms with Crippen molar-refractivity contribution in [2.75, 3.05) is 40.6 Å². The molecule has 1 aromatic rings. The molecule has 0 saturated carbocycles. The molecule has 0 fully saturated rings. The molecule has 4 nitrogen and oxygen atoms in total. The van der Waals surface area contributed by atoms with E-state index in [1.165, 1.54) is 5.56 Å². The number of benzene rings is 1. The predicted molar refractivity (Wildman–Crippen MR) is 76.6 cm³/mol. The van der Waals surface area contributed by atoms with E-state index in [1.54, 1.807) is 14.2 Å². The summed E-state index contributed by atoms with van der Waals surface area (Å²) >= 11 is 0. The molecule has 0 amide bonds. The molecule has 0 unspecified atom stereocenters. The molecule has 0 radical (unpaired) electrons. The summed E-state index contributed by atoms with van der Waals surface area (Å²) in [5.41, 5.74) is 1.19. The summed E-state index contributed by atoms with van der Waals surface area (Å²) in [5, 5.41) is 3.33. The van der Waals surface area contributed by atoms with Gasteiger partial charge in [-0.3, -0.25) is 0 Å². The molecular formula is C15H25NO3. The highest BCUT2D eigenvalue weighted by Crippen LogP contribution is 2.17. The van der Waals surface area contributed by atoms with E-state index in [-0.39, 0.29) is 0 Å². The molecule has 0 aliphatic carbocycles. The first-order chi connectivity index (χ1) is 9.38. The second kappa shape index (κ2) is 10.8. The van der Waals surface area contributed by atoms with Gasteiger partial charge in [-0.1, -0.05) is 18.2 Å². The Kier molecular flexibility index (Phi) is 9.06. The molecule has 0 aromatic heterocycles. The van der Waals surface area contributed by atoms with Crippen LogP contribution in [0.1, 0.15) is 18.4 Å². The van der Waals surface area contributed by atoms with Gasteiger partial charge in [0, 0.05) is 39.5 Å². The van der Waals surface area contributed by atoms with Gasteiger partial charge in [0.05, 0.1) is 13.2 Å². The molecule has 0 aliphatic heterocycles. The third kappa shape index (κ3) is 7.15. The number of unbranched alkanes of at least 4 members (excludes halogenated alkanes) is 1. The van der Waals surface area contributed by atoms with E-state index >= 15 is 0 Å². The number of para-hydroxylation sites is 1. The maximum atomic E-state index is 5.81. The summed E-state index contributed by atoms with van der Waals surface area (Å²) in [5.74, 6) is 0.963. The van der Waals surface area contributed by atoms with Gasteiger partial charge in [-0.2, -0.15) is 0 Å². The molecule has 4 heteroatoms. The van der Waals surface area contributed by atoms with E-state index in [0.29, 0.717) is 0 Å². The Labute approximate surface area is 116 Å². The van der Waals surface area contributed by atoms with Crippen molar-refractivity contribution < 1.29 is 14.2 Å². The molecule has 1 rings (SSSR count). The Morgan fingerprint density at radius 1 is 0.947 bits per heavy atom. The second-order valence-corrected chi connectivity index (χ2v) is 4.33. The van der Waals surface area contributed by atoms with E-state index in [9.17, 15) is 0 Å². The summed E-state index contributed by atoms with van der Waals surface area (Å²) in [4.78, 5) is 0. The van der Waals surface area contributed by atoms with Crippen LogP contribution in [-0.4, -0.2) is 40.6 Å². The van der Waals surface area contributed by atoms with Gasteiger partial charge in [0.25, 0.3) is 0 Å². The minimum absolute atomic E-state index is 0.722. The third-order valence-electron chi connectivity index (χ3n) is 2.77. The van der Waals surface area contributed by atoms with Crippen molar-refractivity contribution in [3.8, 4) is 5.75 Å². The summed E-state index contributed by atoms with van der Waals surface area (Å²) in [7, 11) is 3.43. The highest BCUT2D eigenvalue weighted by atomic mass is 16.5. The first kappa shape index (κ1) is 16.0. The lowest BCUT2D eigenvalue weighted by Crippen LogP contribution is -2.19. The lowest BCUT2D eigenvalue weighted by atomic mass is 10.2. The molecule has 0 spiro atoms. The average molecular weight is 267 g/mol. The maximum Gasteiger partial charge on any atom is 0.123 e. The van der Waals surface area contributed by atoms with E-state index in [2.05, 4.69) is 11.4 Å². The van der Waals surface area contributed by atoms with Crippen LogP contribution in [0.2, 0.25) is 0 Å². The Morgan fingerprint density at radius 2 is 1.68 bits per heavy atom. The first-order valence-electron chi connectivity index (χ1n) is 6.77. The zero-order valence-corrected chi connectivity index (χ0v) is 12.0. The summed E-state index contributed by atoms with van der Waals surface area (Å²) in [6.07, 6.45) is 2.05. The van der Waals surface area contributed by atoms with Crippen LogP contribution in [0.4, 0.5) is 0 Å². The van der Waals surface area contributed by atoms with E-state index in [0.717, 1.165) is 51.5 Å². The van der Waals surface area contributed by atoms with E-state index < -0.39 is 0 Å². The highest BCUT2D eigenvalue weighted by Gasteiger charge is 2.02. The van der Waals surface area contributed by atoms with Crippen molar-refractivity contribution in [3.05, 3.63) is 29.8 Å². The van der Waals surface area contributed by atoms with Crippen molar-refractivity contribution >= 4 is 0 Å². The number of methoxy groups -OCH3 is 2. The van der Waals surface area contributed by atoms with Crippen molar-refractivity contribution in [2.24, 2.45) is 0 Å². The van der Waals surface area contributed by atoms with E-state index in [1.807, 2.05) is 18.2 Å².